The summed E-state index contributed by atoms with van der Waals surface area (Å²) in [6, 6.07) is 0. The van der Waals surface area contributed by atoms with Crippen molar-refractivity contribution in [3.63, 3.8) is 0 Å². The number of piperidine rings is 1. The fourth-order valence-electron chi connectivity index (χ4n) is 1.70. The van der Waals surface area contributed by atoms with Gasteiger partial charge in [0.15, 0.2) is 5.78 Å². The van der Waals surface area contributed by atoms with Gasteiger partial charge in [-0.2, -0.15) is 0 Å². The molecule has 6 heteroatoms. The van der Waals surface area contributed by atoms with Gasteiger partial charge in [0, 0.05) is 12.2 Å². The molecule has 0 aromatic carbocycles. The van der Waals surface area contributed by atoms with Crippen LogP contribution in [-0.2, 0) is 14.3 Å². The second kappa shape index (κ2) is 14.4. The van der Waals surface area contributed by atoms with Gasteiger partial charge in [-0.1, -0.05) is 34.3 Å². The zero-order valence-corrected chi connectivity index (χ0v) is 16.5. The van der Waals surface area contributed by atoms with Crippen LogP contribution in [0, 0.1) is 0 Å². The molecule has 0 bridgehead atoms. The Morgan fingerprint density at radius 2 is 1.91 bits per heavy atom. The standard InChI is InChI=1S/C13H21NO4S.2C2H6/c1-9(2)14-6-5-12(11(15)7-14)19-8-17-13(16)18-10(3)4;2*1-2/h10,12H,1,5-8H2,2-4H3;2*1-2H3. The van der Waals surface area contributed by atoms with Gasteiger partial charge in [0.1, 0.15) is 5.94 Å². The van der Waals surface area contributed by atoms with E-state index in [1.165, 1.54) is 11.8 Å². The number of Topliss-reactive ketones (excluding diaryl/α,β-unsaturated/α-hetero) is 1. The molecular formula is C17H33NO4S. The van der Waals surface area contributed by atoms with Crippen LogP contribution in [0.15, 0.2) is 12.3 Å². The topological polar surface area (TPSA) is 55.8 Å². The van der Waals surface area contributed by atoms with E-state index < -0.39 is 6.16 Å². The maximum absolute atomic E-state index is 11.9. The van der Waals surface area contributed by atoms with Crippen molar-refractivity contribution in [3.8, 4) is 0 Å². The molecule has 1 saturated heterocycles. The third kappa shape index (κ3) is 11.1. The van der Waals surface area contributed by atoms with Crippen molar-refractivity contribution in [1.29, 1.82) is 0 Å². The molecule has 1 unspecified atom stereocenters. The molecule has 1 heterocycles. The summed E-state index contributed by atoms with van der Waals surface area (Å²) in [5.74, 6) is 0.301. The molecule has 0 spiro atoms. The average molecular weight is 348 g/mol. The summed E-state index contributed by atoms with van der Waals surface area (Å²) in [6.45, 7) is 18.4. The Hall–Kier alpha value is -1.17. The third-order valence-electron chi connectivity index (χ3n) is 2.68. The van der Waals surface area contributed by atoms with Crippen molar-refractivity contribution in [2.75, 3.05) is 19.0 Å². The first-order valence-corrected chi connectivity index (χ1v) is 9.33. The van der Waals surface area contributed by atoms with Gasteiger partial charge in [-0.05, 0) is 27.2 Å². The van der Waals surface area contributed by atoms with Gasteiger partial charge in [-0.25, -0.2) is 4.79 Å². The highest BCUT2D eigenvalue weighted by molar-refractivity contribution is 8.00. The molecule has 23 heavy (non-hydrogen) atoms. The van der Waals surface area contributed by atoms with E-state index >= 15 is 0 Å². The number of rotatable bonds is 5. The van der Waals surface area contributed by atoms with Crippen LogP contribution in [0.25, 0.3) is 0 Å². The molecule has 0 N–H and O–H groups in total. The molecule has 5 nitrogen and oxygen atoms in total. The Morgan fingerprint density at radius 3 is 2.35 bits per heavy atom. The number of allylic oxidation sites excluding steroid dienone is 1. The summed E-state index contributed by atoms with van der Waals surface area (Å²) < 4.78 is 9.73. The predicted molar refractivity (Wildman–Crippen MR) is 97.7 cm³/mol. The molecule has 1 aliphatic heterocycles. The molecular weight excluding hydrogens is 314 g/mol. The zero-order chi connectivity index (χ0) is 18.4. The molecule has 1 atom stereocenters. The molecule has 0 saturated carbocycles. The highest BCUT2D eigenvalue weighted by atomic mass is 32.2. The second-order valence-corrected chi connectivity index (χ2v) is 5.88. The van der Waals surface area contributed by atoms with Crippen LogP contribution in [0.1, 0.15) is 54.9 Å². The smallest absolute Gasteiger partial charge is 0.432 e. The number of hydrogen-bond acceptors (Lipinski definition) is 6. The van der Waals surface area contributed by atoms with E-state index in [4.69, 9.17) is 9.47 Å². The highest BCUT2D eigenvalue weighted by Gasteiger charge is 2.27. The average Bonchev–Trinajstić information content (AvgIpc) is 2.52. The van der Waals surface area contributed by atoms with E-state index in [2.05, 4.69) is 6.58 Å². The first-order chi connectivity index (χ1) is 10.9. The monoisotopic (exact) mass is 347 g/mol. The van der Waals surface area contributed by atoms with Crippen molar-refractivity contribution in [2.45, 2.75) is 66.2 Å². The minimum absolute atomic E-state index is 0.109. The number of likely N-dealkylation sites (tertiary alicyclic amines) is 1. The van der Waals surface area contributed by atoms with Gasteiger partial charge < -0.3 is 14.4 Å². The first-order valence-electron chi connectivity index (χ1n) is 8.28. The molecule has 136 valence electrons. The van der Waals surface area contributed by atoms with Gasteiger partial charge in [0.25, 0.3) is 0 Å². The van der Waals surface area contributed by atoms with Gasteiger partial charge in [0.2, 0.25) is 0 Å². The Balaban J connectivity index is 0. The third-order valence-corrected chi connectivity index (χ3v) is 3.84. The molecule has 0 aromatic heterocycles. The quantitative estimate of drug-likeness (QED) is 0.540. The highest BCUT2D eigenvalue weighted by Crippen LogP contribution is 2.22. The van der Waals surface area contributed by atoms with Gasteiger partial charge in [-0.3, -0.25) is 4.79 Å². The van der Waals surface area contributed by atoms with Gasteiger partial charge >= 0.3 is 6.16 Å². The van der Waals surface area contributed by atoms with Crippen molar-refractivity contribution < 1.29 is 19.1 Å². The molecule has 1 aliphatic rings. The fourth-order valence-corrected chi connectivity index (χ4v) is 2.56. The SMILES string of the molecule is C=C(C)N1CCC(SCOC(=O)OC(C)C)C(=O)C1.CC.CC. The lowest BCUT2D eigenvalue weighted by molar-refractivity contribution is -0.120. The first kappa shape index (κ1) is 24.1. The van der Waals surface area contributed by atoms with Gasteiger partial charge in [0.05, 0.1) is 17.9 Å². The second-order valence-electron chi connectivity index (χ2n) is 4.75. The molecule has 0 aliphatic carbocycles. The lowest BCUT2D eigenvalue weighted by Gasteiger charge is -2.32. The number of carbonyl (C=O) groups excluding carboxylic acids is 2. The van der Waals surface area contributed by atoms with Crippen molar-refractivity contribution in [3.05, 3.63) is 12.3 Å². The van der Waals surface area contributed by atoms with Crippen molar-refractivity contribution in [1.82, 2.24) is 4.90 Å². The Morgan fingerprint density at radius 1 is 1.35 bits per heavy atom. The zero-order valence-electron chi connectivity index (χ0n) is 15.7. The Bertz CT molecular complexity index is 359. The van der Waals surface area contributed by atoms with E-state index in [0.717, 1.165) is 18.7 Å². The van der Waals surface area contributed by atoms with Crippen molar-refractivity contribution in [2.24, 2.45) is 0 Å². The summed E-state index contributed by atoms with van der Waals surface area (Å²) in [7, 11) is 0. The summed E-state index contributed by atoms with van der Waals surface area (Å²) >= 11 is 1.35. The van der Waals surface area contributed by atoms with Crippen LogP contribution in [0.3, 0.4) is 0 Å². The van der Waals surface area contributed by atoms with Crippen molar-refractivity contribution >= 4 is 23.7 Å². The molecule has 0 aromatic rings. The van der Waals surface area contributed by atoms with E-state index in [0.29, 0.717) is 6.54 Å². The molecule has 1 fully saturated rings. The van der Waals surface area contributed by atoms with Crippen LogP contribution >= 0.6 is 11.8 Å². The van der Waals surface area contributed by atoms with Crippen LogP contribution in [0.5, 0.6) is 0 Å². The minimum atomic E-state index is -0.686. The molecule has 0 amide bonds. The van der Waals surface area contributed by atoms with E-state index in [1.807, 2.05) is 39.5 Å². The van der Waals surface area contributed by atoms with E-state index in [9.17, 15) is 9.59 Å². The maximum Gasteiger partial charge on any atom is 0.509 e. The predicted octanol–water partition coefficient (Wildman–Crippen LogP) is 4.47. The van der Waals surface area contributed by atoms with Crippen LogP contribution in [0.4, 0.5) is 4.79 Å². The Labute approximate surface area is 145 Å². The summed E-state index contributed by atoms with van der Waals surface area (Å²) in [6.07, 6.45) is -0.133. The van der Waals surface area contributed by atoms with Gasteiger partial charge in [-0.15, -0.1) is 11.8 Å². The lowest BCUT2D eigenvalue weighted by atomic mass is 10.1. The van der Waals surface area contributed by atoms with E-state index in [-0.39, 0.29) is 23.1 Å². The van der Waals surface area contributed by atoms with Crippen LogP contribution < -0.4 is 0 Å². The molecule has 1 rings (SSSR count). The maximum atomic E-state index is 11.9. The van der Waals surface area contributed by atoms with Crippen LogP contribution in [-0.4, -0.2) is 47.2 Å². The number of hydrogen-bond donors (Lipinski definition) is 0. The number of nitrogens with zero attached hydrogens (tertiary/aromatic N) is 1. The summed E-state index contributed by atoms with van der Waals surface area (Å²) in [4.78, 5) is 25.0. The lowest BCUT2D eigenvalue weighted by Crippen LogP contribution is -2.41. The summed E-state index contributed by atoms with van der Waals surface area (Å²) in [5, 5.41) is -0.109. The number of carbonyl (C=O) groups is 2. The minimum Gasteiger partial charge on any atom is -0.432 e. The number of thioether (sulfide) groups is 1. The summed E-state index contributed by atoms with van der Waals surface area (Å²) in [5.41, 5.74) is 0.911. The van der Waals surface area contributed by atoms with Crippen LogP contribution in [0.2, 0.25) is 0 Å². The number of ether oxygens (including phenoxy) is 2. The normalized spacial score (nSPS) is 16.6. The van der Waals surface area contributed by atoms with E-state index in [1.54, 1.807) is 13.8 Å². The number of ketones is 1. The fraction of sp³-hybridized carbons (Fsp3) is 0.765. The Kier molecular flexibility index (Phi) is 15.1. The largest absolute Gasteiger partial charge is 0.509 e. The molecule has 0 radical (unpaired) electrons.